The lowest BCUT2D eigenvalue weighted by Gasteiger charge is -2.19. The SMILES string of the molecule is CCOC(Cn1c(C)ncc(Br)c1=O)OCC. The molecule has 6 heteroatoms. The topological polar surface area (TPSA) is 53.4 Å². The van der Waals surface area contributed by atoms with Crippen molar-refractivity contribution >= 4 is 15.9 Å². The molecule has 0 aromatic carbocycles. The van der Waals surface area contributed by atoms with Crippen LogP contribution in [-0.2, 0) is 16.0 Å². The lowest BCUT2D eigenvalue weighted by Crippen LogP contribution is -2.32. The predicted molar refractivity (Wildman–Crippen MR) is 68.0 cm³/mol. The summed E-state index contributed by atoms with van der Waals surface area (Å²) < 4.78 is 12.8. The Morgan fingerprint density at radius 2 is 2.00 bits per heavy atom. The molecule has 0 unspecified atom stereocenters. The first-order valence-corrected chi connectivity index (χ1v) is 6.34. The van der Waals surface area contributed by atoms with E-state index in [1.165, 1.54) is 6.20 Å². The number of aryl methyl sites for hydroxylation is 1. The van der Waals surface area contributed by atoms with Gasteiger partial charge in [0, 0.05) is 19.4 Å². The van der Waals surface area contributed by atoms with E-state index >= 15 is 0 Å². The van der Waals surface area contributed by atoms with Crippen molar-refractivity contribution in [3.63, 3.8) is 0 Å². The summed E-state index contributed by atoms with van der Waals surface area (Å²) in [6.45, 7) is 6.99. The van der Waals surface area contributed by atoms with Crippen molar-refractivity contribution in [2.24, 2.45) is 0 Å². The van der Waals surface area contributed by atoms with Crippen LogP contribution in [0.3, 0.4) is 0 Å². The van der Waals surface area contributed by atoms with Gasteiger partial charge in [-0.15, -0.1) is 0 Å². The van der Waals surface area contributed by atoms with Gasteiger partial charge in [-0.05, 0) is 36.7 Å². The Kier molecular flexibility index (Phi) is 5.80. The fraction of sp³-hybridized carbons (Fsp3) is 0.636. The van der Waals surface area contributed by atoms with E-state index in [0.717, 1.165) is 0 Å². The fourth-order valence-electron chi connectivity index (χ4n) is 1.44. The maximum Gasteiger partial charge on any atom is 0.267 e. The summed E-state index contributed by atoms with van der Waals surface area (Å²) >= 11 is 3.17. The zero-order valence-corrected chi connectivity index (χ0v) is 11.9. The molecule has 0 aliphatic rings. The molecule has 0 amide bonds. The molecule has 0 radical (unpaired) electrons. The molecule has 0 bridgehead atoms. The average Bonchev–Trinajstić information content (AvgIpc) is 2.30. The Bertz CT molecular complexity index is 414. The largest absolute Gasteiger partial charge is 0.351 e. The summed E-state index contributed by atoms with van der Waals surface area (Å²) in [6.07, 6.45) is 1.09. The Balaban J connectivity index is 2.92. The lowest BCUT2D eigenvalue weighted by molar-refractivity contribution is -0.144. The van der Waals surface area contributed by atoms with Crippen LogP contribution in [-0.4, -0.2) is 29.1 Å². The molecule has 0 saturated heterocycles. The maximum absolute atomic E-state index is 11.9. The highest BCUT2D eigenvalue weighted by Crippen LogP contribution is 2.04. The third-order valence-corrected chi connectivity index (χ3v) is 2.79. The van der Waals surface area contributed by atoms with Crippen molar-refractivity contribution in [1.29, 1.82) is 0 Å². The quantitative estimate of drug-likeness (QED) is 0.751. The van der Waals surface area contributed by atoms with Crippen LogP contribution in [0, 0.1) is 6.92 Å². The van der Waals surface area contributed by atoms with Gasteiger partial charge in [-0.1, -0.05) is 0 Å². The van der Waals surface area contributed by atoms with Crippen LogP contribution in [0.2, 0.25) is 0 Å². The summed E-state index contributed by atoms with van der Waals surface area (Å²) in [5.41, 5.74) is -0.123. The number of hydrogen-bond donors (Lipinski definition) is 0. The second-order valence-electron chi connectivity index (χ2n) is 3.41. The summed E-state index contributed by atoms with van der Waals surface area (Å²) in [4.78, 5) is 16.0. The van der Waals surface area contributed by atoms with Gasteiger partial charge in [-0.25, -0.2) is 4.98 Å². The van der Waals surface area contributed by atoms with Crippen molar-refractivity contribution < 1.29 is 9.47 Å². The first kappa shape index (κ1) is 14.3. The number of nitrogens with zero attached hydrogens (tertiary/aromatic N) is 2. The lowest BCUT2D eigenvalue weighted by atomic mass is 10.5. The summed E-state index contributed by atoms with van der Waals surface area (Å²) in [5.74, 6) is 0.641. The number of halogens is 1. The molecule has 0 aliphatic heterocycles. The molecule has 17 heavy (non-hydrogen) atoms. The van der Waals surface area contributed by atoms with Crippen molar-refractivity contribution in [2.45, 2.75) is 33.6 Å². The second-order valence-corrected chi connectivity index (χ2v) is 4.26. The smallest absolute Gasteiger partial charge is 0.267 e. The Morgan fingerprint density at radius 1 is 1.41 bits per heavy atom. The van der Waals surface area contributed by atoms with Crippen LogP contribution in [0.1, 0.15) is 19.7 Å². The molecule has 0 fully saturated rings. The van der Waals surface area contributed by atoms with Crippen LogP contribution < -0.4 is 5.56 Å². The van der Waals surface area contributed by atoms with Crippen molar-refractivity contribution in [3.8, 4) is 0 Å². The molecule has 0 aliphatic carbocycles. The number of rotatable bonds is 6. The Hall–Kier alpha value is -0.720. The summed E-state index contributed by atoms with van der Waals surface area (Å²) in [5, 5.41) is 0. The van der Waals surface area contributed by atoms with E-state index in [4.69, 9.17) is 9.47 Å². The molecule has 96 valence electrons. The van der Waals surface area contributed by atoms with E-state index in [-0.39, 0.29) is 5.56 Å². The highest BCUT2D eigenvalue weighted by molar-refractivity contribution is 9.10. The van der Waals surface area contributed by atoms with Gasteiger partial charge in [-0.3, -0.25) is 9.36 Å². The third-order valence-electron chi connectivity index (χ3n) is 2.24. The van der Waals surface area contributed by atoms with Gasteiger partial charge in [0.25, 0.3) is 5.56 Å². The Morgan fingerprint density at radius 3 is 2.53 bits per heavy atom. The van der Waals surface area contributed by atoms with Crippen LogP contribution in [0.4, 0.5) is 0 Å². The zero-order chi connectivity index (χ0) is 12.8. The van der Waals surface area contributed by atoms with Gasteiger partial charge < -0.3 is 9.47 Å². The van der Waals surface area contributed by atoms with Crippen molar-refractivity contribution in [2.75, 3.05) is 13.2 Å². The van der Waals surface area contributed by atoms with Gasteiger partial charge in [0.05, 0.1) is 6.54 Å². The Labute approximate surface area is 109 Å². The monoisotopic (exact) mass is 304 g/mol. The average molecular weight is 305 g/mol. The molecular weight excluding hydrogens is 288 g/mol. The minimum Gasteiger partial charge on any atom is -0.351 e. The van der Waals surface area contributed by atoms with Crippen molar-refractivity contribution in [3.05, 3.63) is 26.8 Å². The second kappa shape index (κ2) is 6.88. The van der Waals surface area contributed by atoms with E-state index in [2.05, 4.69) is 20.9 Å². The van der Waals surface area contributed by atoms with Gasteiger partial charge in [0.2, 0.25) is 0 Å². The normalized spacial score (nSPS) is 11.1. The molecule has 0 N–H and O–H groups in total. The van der Waals surface area contributed by atoms with E-state index in [9.17, 15) is 4.79 Å². The zero-order valence-electron chi connectivity index (χ0n) is 10.3. The number of hydrogen-bond acceptors (Lipinski definition) is 4. The van der Waals surface area contributed by atoms with E-state index in [1.807, 2.05) is 13.8 Å². The van der Waals surface area contributed by atoms with Crippen LogP contribution >= 0.6 is 15.9 Å². The fourth-order valence-corrected chi connectivity index (χ4v) is 1.76. The minimum atomic E-state index is -0.419. The molecular formula is C11H17BrN2O3. The van der Waals surface area contributed by atoms with Gasteiger partial charge in [-0.2, -0.15) is 0 Å². The third kappa shape index (κ3) is 3.90. The first-order chi connectivity index (χ1) is 8.10. The molecule has 0 atom stereocenters. The van der Waals surface area contributed by atoms with E-state index in [1.54, 1.807) is 11.5 Å². The first-order valence-electron chi connectivity index (χ1n) is 5.55. The van der Waals surface area contributed by atoms with Gasteiger partial charge in [0.1, 0.15) is 10.3 Å². The molecule has 1 aromatic rings. The number of aromatic nitrogens is 2. The highest BCUT2D eigenvalue weighted by atomic mass is 79.9. The van der Waals surface area contributed by atoms with E-state index < -0.39 is 6.29 Å². The summed E-state index contributed by atoms with van der Waals surface area (Å²) in [7, 11) is 0. The van der Waals surface area contributed by atoms with Crippen LogP contribution in [0.5, 0.6) is 0 Å². The molecule has 1 rings (SSSR count). The van der Waals surface area contributed by atoms with Gasteiger partial charge in [0.15, 0.2) is 6.29 Å². The predicted octanol–water partition coefficient (Wildman–Crippen LogP) is 1.71. The standard InChI is InChI=1S/C11H17BrN2O3/c1-4-16-10(17-5-2)7-14-8(3)13-6-9(12)11(14)15/h6,10H,4-5,7H2,1-3H3. The molecule has 0 saturated carbocycles. The van der Waals surface area contributed by atoms with E-state index in [0.29, 0.717) is 30.1 Å². The van der Waals surface area contributed by atoms with Crippen molar-refractivity contribution in [1.82, 2.24) is 9.55 Å². The molecule has 5 nitrogen and oxygen atoms in total. The van der Waals surface area contributed by atoms with Crippen LogP contribution in [0.15, 0.2) is 15.5 Å². The van der Waals surface area contributed by atoms with Crippen LogP contribution in [0.25, 0.3) is 0 Å². The molecule has 1 heterocycles. The molecule has 0 spiro atoms. The highest BCUT2D eigenvalue weighted by Gasteiger charge is 2.13. The van der Waals surface area contributed by atoms with Gasteiger partial charge >= 0.3 is 0 Å². The molecule has 1 aromatic heterocycles. The maximum atomic E-state index is 11.9. The minimum absolute atomic E-state index is 0.123. The number of ether oxygens (including phenoxy) is 2. The summed E-state index contributed by atoms with van der Waals surface area (Å²) in [6, 6.07) is 0.